The van der Waals surface area contributed by atoms with E-state index in [4.69, 9.17) is 11.8 Å². The molecular formula is C15H10N2. The van der Waals surface area contributed by atoms with Crippen LogP contribution in [0.2, 0.25) is 0 Å². The highest BCUT2D eigenvalue weighted by molar-refractivity contribution is 5.54. The van der Waals surface area contributed by atoms with Crippen LogP contribution in [-0.2, 0) is 6.42 Å². The first-order valence-electron chi connectivity index (χ1n) is 5.28. The van der Waals surface area contributed by atoms with E-state index in [0.29, 0.717) is 17.7 Å². The van der Waals surface area contributed by atoms with Gasteiger partial charge in [-0.2, -0.15) is 5.26 Å². The van der Waals surface area contributed by atoms with Crippen molar-refractivity contribution < 1.29 is 0 Å². The van der Waals surface area contributed by atoms with Crippen LogP contribution in [0, 0.1) is 17.9 Å². The molecule has 0 N–H and O–H groups in total. The average Bonchev–Trinajstić information content (AvgIpc) is 2.40. The van der Waals surface area contributed by atoms with E-state index >= 15 is 0 Å². The third kappa shape index (κ3) is 2.33. The van der Waals surface area contributed by atoms with Gasteiger partial charge in [0, 0.05) is 0 Å². The Balaban J connectivity index is 2.40. The standard InChI is InChI=1S/C15H10N2/c1-17-15-9-5-4-7-13(15)10-12-6-2-3-8-14(12)11-16/h2-9H,10H2. The van der Waals surface area contributed by atoms with Crippen molar-refractivity contribution in [1.82, 2.24) is 0 Å². The summed E-state index contributed by atoms with van der Waals surface area (Å²) in [5.74, 6) is 0. The van der Waals surface area contributed by atoms with Crippen molar-refractivity contribution in [1.29, 1.82) is 5.26 Å². The molecule has 0 aromatic heterocycles. The SMILES string of the molecule is [C-]#[N+]c1ccccc1Cc1ccccc1C#N. The summed E-state index contributed by atoms with van der Waals surface area (Å²) in [5, 5.41) is 9.01. The first-order chi connectivity index (χ1) is 8.35. The van der Waals surface area contributed by atoms with Crippen LogP contribution in [0.4, 0.5) is 5.69 Å². The van der Waals surface area contributed by atoms with Crippen LogP contribution in [-0.4, -0.2) is 0 Å². The number of benzene rings is 2. The molecule has 0 atom stereocenters. The summed E-state index contributed by atoms with van der Waals surface area (Å²) in [6.07, 6.45) is 0.627. The minimum absolute atomic E-state index is 0.627. The summed E-state index contributed by atoms with van der Waals surface area (Å²) in [5.41, 5.74) is 3.25. The molecule has 0 fully saturated rings. The van der Waals surface area contributed by atoms with E-state index in [0.717, 1.165) is 11.1 Å². The fourth-order valence-electron chi connectivity index (χ4n) is 1.76. The number of rotatable bonds is 2. The fraction of sp³-hybridized carbons (Fsp3) is 0.0667. The molecule has 0 unspecified atom stereocenters. The topological polar surface area (TPSA) is 28.1 Å². The van der Waals surface area contributed by atoms with Gasteiger partial charge in [-0.1, -0.05) is 42.5 Å². The molecule has 0 spiro atoms. The van der Waals surface area contributed by atoms with Crippen LogP contribution >= 0.6 is 0 Å². The summed E-state index contributed by atoms with van der Waals surface area (Å²) in [6.45, 7) is 7.11. The van der Waals surface area contributed by atoms with Crippen LogP contribution in [0.3, 0.4) is 0 Å². The van der Waals surface area contributed by atoms with Gasteiger partial charge in [-0.15, -0.1) is 0 Å². The van der Waals surface area contributed by atoms with Crippen LogP contribution in [0.5, 0.6) is 0 Å². The van der Waals surface area contributed by atoms with Gasteiger partial charge >= 0.3 is 0 Å². The van der Waals surface area contributed by atoms with E-state index in [9.17, 15) is 0 Å². The molecule has 0 aliphatic rings. The summed E-state index contributed by atoms with van der Waals surface area (Å²) in [7, 11) is 0. The van der Waals surface area contributed by atoms with Gasteiger partial charge in [-0.05, 0) is 23.6 Å². The van der Waals surface area contributed by atoms with E-state index < -0.39 is 0 Å². The van der Waals surface area contributed by atoms with E-state index in [1.165, 1.54) is 0 Å². The average molecular weight is 218 g/mol. The molecule has 2 rings (SSSR count). The van der Waals surface area contributed by atoms with Gasteiger partial charge < -0.3 is 0 Å². The zero-order chi connectivity index (χ0) is 12.1. The second-order valence-electron chi connectivity index (χ2n) is 3.69. The maximum absolute atomic E-state index is 9.01. The van der Waals surface area contributed by atoms with E-state index in [1.54, 1.807) is 12.1 Å². The van der Waals surface area contributed by atoms with Gasteiger partial charge in [0.1, 0.15) is 0 Å². The highest BCUT2D eigenvalue weighted by Gasteiger charge is 2.05. The lowest BCUT2D eigenvalue weighted by atomic mass is 9.99. The van der Waals surface area contributed by atoms with Gasteiger partial charge in [0.25, 0.3) is 0 Å². The maximum atomic E-state index is 9.01. The van der Waals surface area contributed by atoms with Crippen LogP contribution in [0.25, 0.3) is 4.85 Å². The Bertz CT molecular complexity index is 560. The van der Waals surface area contributed by atoms with Crippen molar-refractivity contribution in [3.8, 4) is 6.07 Å². The number of para-hydroxylation sites is 1. The maximum Gasteiger partial charge on any atom is 0.190 e. The molecular weight excluding hydrogens is 208 g/mol. The van der Waals surface area contributed by atoms with Crippen LogP contribution in [0.15, 0.2) is 48.5 Å². The summed E-state index contributed by atoms with van der Waals surface area (Å²) in [4.78, 5) is 3.49. The van der Waals surface area contributed by atoms with E-state index in [-0.39, 0.29) is 0 Å². The van der Waals surface area contributed by atoms with Gasteiger partial charge in [-0.3, -0.25) is 0 Å². The van der Waals surface area contributed by atoms with Crippen molar-refractivity contribution >= 4 is 5.69 Å². The number of nitriles is 1. The lowest BCUT2D eigenvalue weighted by Crippen LogP contribution is -1.92. The summed E-state index contributed by atoms with van der Waals surface area (Å²) >= 11 is 0. The zero-order valence-corrected chi connectivity index (χ0v) is 9.22. The predicted molar refractivity (Wildman–Crippen MR) is 66.7 cm³/mol. The monoisotopic (exact) mass is 218 g/mol. The molecule has 0 aliphatic carbocycles. The quantitative estimate of drug-likeness (QED) is 0.706. The molecule has 0 radical (unpaired) electrons. The third-order valence-corrected chi connectivity index (χ3v) is 2.63. The molecule has 0 amide bonds. The normalized spacial score (nSPS) is 9.29. The molecule has 2 heteroatoms. The van der Waals surface area contributed by atoms with Crippen molar-refractivity contribution in [2.75, 3.05) is 0 Å². The molecule has 0 bridgehead atoms. The number of hydrogen-bond acceptors (Lipinski definition) is 1. The Morgan fingerprint density at radius 1 is 1.00 bits per heavy atom. The highest BCUT2D eigenvalue weighted by atomic mass is 14.6. The molecule has 2 aromatic rings. The van der Waals surface area contributed by atoms with Crippen molar-refractivity contribution in [3.05, 3.63) is 76.6 Å². The van der Waals surface area contributed by atoms with E-state index in [2.05, 4.69) is 10.9 Å². The minimum Gasteiger partial charge on any atom is -0.238 e. The van der Waals surface area contributed by atoms with E-state index in [1.807, 2.05) is 36.4 Å². The van der Waals surface area contributed by atoms with Gasteiger partial charge in [0.2, 0.25) is 0 Å². The van der Waals surface area contributed by atoms with Crippen molar-refractivity contribution in [2.24, 2.45) is 0 Å². The van der Waals surface area contributed by atoms with Gasteiger partial charge in [0.05, 0.1) is 18.2 Å². The van der Waals surface area contributed by atoms with Gasteiger partial charge in [0.15, 0.2) is 5.69 Å². The lowest BCUT2D eigenvalue weighted by molar-refractivity contribution is 1.18. The zero-order valence-electron chi connectivity index (χ0n) is 9.22. The molecule has 2 aromatic carbocycles. The van der Waals surface area contributed by atoms with Crippen molar-refractivity contribution in [3.63, 3.8) is 0 Å². The Hall–Kier alpha value is -2.58. The lowest BCUT2D eigenvalue weighted by Gasteiger charge is -2.05. The molecule has 0 saturated heterocycles. The molecule has 0 aliphatic heterocycles. The molecule has 17 heavy (non-hydrogen) atoms. The summed E-state index contributed by atoms with van der Waals surface area (Å²) in [6, 6.07) is 17.2. The van der Waals surface area contributed by atoms with Crippen molar-refractivity contribution in [2.45, 2.75) is 6.42 Å². The molecule has 80 valence electrons. The number of nitrogens with zero attached hydrogens (tertiary/aromatic N) is 2. The molecule has 0 saturated carbocycles. The smallest absolute Gasteiger partial charge is 0.190 e. The van der Waals surface area contributed by atoms with Crippen LogP contribution < -0.4 is 0 Å². The Morgan fingerprint density at radius 2 is 1.65 bits per heavy atom. The third-order valence-electron chi connectivity index (χ3n) is 2.63. The number of hydrogen-bond donors (Lipinski definition) is 0. The molecule has 0 heterocycles. The Labute approximate surface area is 101 Å². The molecule has 2 nitrogen and oxygen atoms in total. The minimum atomic E-state index is 0.627. The largest absolute Gasteiger partial charge is 0.238 e. The Morgan fingerprint density at radius 3 is 2.35 bits per heavy atom. The van der Waals surface area contributed by atoms with Gasteiger partial charge in [-0.25, -0.2) is 4.85 Å². The first-order valence-corrected chi connectivity index (χ1v) is 5.28. The second kappa shape index (κ2) is 4.96. The second-order valence-corrected chi connectivity index (χ2v) is 3.69. The highest BCUT2D eigenvalue weighted by Crippen LogP contribution is 2.22. The van der Waals surface area contributed by atoms with Crippen LogP contribution in [0.1, 0.15) is 16.7 Å². The summed E-state index contributed by atoms with van der Waals surface area (Å²) < 4.78 is 0. The fourth-order valence-corrected chi connectivity index (χ4v) is 1.76. The predicted octanol–water partition coefficient (Wildman–Crippen LogP) is 3.70. The Kier molecular flexibility index (Phi) is 3.19. The first kappa shape index (κ1) is 10.9.